The molecule has 0 saturated heterocycles. The second-order valence-electron chi connectivity index (χ2n) is 3.17. The lowest BCUT2D eigenvalue weighted by atomic mass is 10.4. The second kappa shape index (κ2) is 5.28. The molecule has 2 aromatic rings. The Bertz CT molecular complexity index is 394. The Balaban J connectivity index is 1.88. The SMILES string of the molecule is CSCc1ccc(CNc2ccsc2)o1. The van der Waals surface area contributed by atoms with Gasteiger partial charge in [-0.2, -0.15) is 23.1 Å². The average molecular weight is 239 g/mol. The van der Waals surface area contributed by atoms with E-state index in [-0.39, 0.29) is 0 Å². The summed E-state index contributed by atoms with van der Waals surface area (Å²) in [6.07, 6.45) is 2.08. The highest BCUT2D eigenvalue weighted by molar-refractivity contribution is 7.97. The molecule has 2 heterocycles. The number of nitrogens with one attached hydrogen (secondary N) is 1. The number of rotatable bonds is 5. The molecule has 2 aromatic heterocycles. The molecule has 2 rings (SSSR count). The Morgan fingerprint density at radius 2 is 2.20 bits per heavy atom. The van der Waals surface area contributed by atoms with Gasteiger partial charge in [-0.3, -0.25) is 0 Å². The summed E-state index contributed by atoms with van der Waals surface area (Å²) in [5.74, 6) is 2.98. The molecule has 0 radical (unpaired) electrons. The fraction of sp³-hybridized carbons (Fsp3) is 0.273. The quantitative estimate of drug-likeness (QED) is 0.858. The van der Waals surface area contributed by atoms with Gasteiger partial charge in [-0.1, -0.05) is 0 Å². The normalized spacial score (nSPS) is 10.5. The first-order valence-electron chi connectivity index (χ1n) is 4.71. The minimum atomic E-state index is 0.755. The summed E-state index contributed by atoms with van der Waals surface area (Å²) in [7, 11) is 0. The Morgan fingerprint density at radius 3 is 2.93 bits per heavy atom. The van der Waals surface area contributed by atoms with Crippen LogP contribution in [0, 0.1) is 0 Å². The van der Waals surface area contributed by atoms with Crippen molar-refractivity contribution in [2.75, 3.05) is 11.6 Å². The highest BCUT2D eigenvalue weighted by Crippen LogP contribution is 2.16. The molecule has 0 atom stereocenters. The summed E-state index contributed by atoms with van der Waals surface area (Å²) < 4.78 is 5.64. The topological polar surface area (TPSA) is 25.2 Å². The van der Waals surface area contributed by atoms with Crippen LogP contribution in [0.4, 0.5) is 5.69 Å². The van der Waals surface area contributed by atoms with E-state index < -0.39 is 0 Å². The predicted octanol–water partition coefficient (Wildman–Crippen LogP) is 3.82. The van der Waals surface area contributed by atoms with Crippen LogP contribution in [-0.4, -0.2) is 6.26 Å². The zero-order chi connectivity index (χ0) is 10.5. The molecule has 0 aliphatic heterocycles. The van der Waals surface area contributed by atoms with Crippen LogP contribution in [0.25, 0.3) is 0 Å². The molecule has 1 N–H and O–H groups in total. The van der Waals surface area contributed by atoms with Gasteiger partial charge in [0.15, 0.2) is 0 Å². The maximum Gasteiger partial charge on any atom is 0.123 e. The molecular weight excluding hydrogens is 226 g/mol. The van der Waals surface area contributed by atoms with Crippen LogP contribution in [0.15, 0.2) is 33.4 Å². The number of anilines is 1. The van der Waals surface area contributed by atoms with Crippen LogP contribution in [-0.2, 0) is 12.3 Å². The lowest BCUT2D eigenvalue weighted by molar-refractivity contribution is 0.487. The Morgan fingerprint density at radius 1 is 1.33 bits per heavy atom. The summed E-state index contributed by atoms with van der Waals surface area (Å²) in [5.41, 5.74) is 1.16. The fourth-order valence-electron chi connectivity index (χ4n) is 1.29. The molecule has 0 fully saturated rings. The van der Waals surface area contributed by atoms with Crippen molar-refractivity contribution in [2.45, 2.75) is 12.3 Å². The largest absolute Gasteiger partial charge is 0.463 e. The van der Waals surface area contributed by atoms with Gasteiger partial charge in [0.25, 0.3) is 0 Å². The molecule has 15 heavy (non-hydrogen) atoms. The fourth-order valence-corrected chi connectivity index (χ4v) is 2.34. The van der Waals surface area contributed by atoms with Crippen LogP contribution < -0.4 is 5.32 Å². The highest BCUT2D eigenvalue weighted by Gasteiger charge is 2.01. The smallest absolute Gasteiger partial charge is 0.123 e. The van der Waals surface area contributed by atoms with Gasteiger partial charge in [0.2, 0.25) is 0 Å². The molecule has 0 aromatic carbocycles. The number of furan rings is 1. The van der Waals surface area contributed by atoms with E-state index in [4.69, 9.17) is 4.42 Å². The standard InChI is InChI=1S/C11H13NOS2/c1-14-8-11-3-2-10(13-11)6-12-9-4-5-15-7-9/h2-5,7,12H,6,8H2,1H3. The number of thiophene rings is 1. The van der Waals surface area contributed by atoms with E-state index in [9.17, 15) is 0 Å². The predicted molar refractivity (Wildman–Crippen MR) is 67.6 cm³/mol. The van der Waals surface area contributed by atoms with E-state index >= 15 is 0 Å². The number of hydrogen-bond acceptors (Lipinski definition) is 4. The average Bonchev–Trinajstić information content (AvgIpc) is 2.85. The lowest BCUT2D eigenvalue weighted by Gasteiger charge is -2.00. The third-order valence-electron chi connectivity index (χ3n) is 1.99. The highest BCUT2D eigenvalue weighted by atomic mass is 32.2. The maximum atomic E-state index is 5.64. The molecule has 0 aliphatic rings. The Labute approximate surface area is 97.7 Å². The van der Waals surface area contributed by atoms with Crippen molar-refractivity contribution in [3.05, 3.63) is 40.5 Å². The van der Waals surface area contributed by atoms with E-state index in [0.29, 0.717) is 0 Å². The number of thioether (sulfide) groups is 1. The van der Waals surface area contributed by atoms with E-state index in [0.717, 1.165) is 29.5 Å². The van der Waals surface area contributed by atoms with Crippen LogP contribution >= 0.6 is 23.1 Å². The first-order chi connectivity index (χ1) is 7.38. The molecule has 0 bridgehead atoms. The minimum Gasteiger partial charge on any atom is -0.463 e. The first-order valence-corrected chi connectivity index (χ1v) is 7.05. The molecular formula is C11H13NOS2. The Kier molecular flexibility index (Phi) is 3.75. The van der Waals surface area contributed by atoms with Gasteiger partial charge in [0, 0.05) is 11.1 Å². The van der Waals surface area contributed by atoms with Crippen molar-refractivity contribution in [3.63, 3.8) is 0 Å². The monoisotopic (exact) mass is 239 g/mol. The van der Waals surface area contributed by atoms with Crippen LogP contribution in [0.2, 0.25) is 0 Å². The van der Waals surface area contributed by atoms with Gasteiger partial charge >= 0.3 is 0 Å². The molecule has 0 unspecified atom stereocenters. The molecule has 0 spiro atoms. The van der Waals surface area contributed by atoms with Gasteiger partial charge in [-0.05, 0) is 29.8 Å². The van der Waals surface area contributed by atoms with Crippen molar-refractivity contribution in [2.24, 2.45) is 0 Å². The van der Waals surface area contributed by atoms with Gasteiger partial charge in [-0.25, -0.2) is 0 Å². The van der Waals surface area contributed by atoms with Crippen molar-refractivity contribution >= 4 is 28.8 Å². The molecule has 80 valence electrons. The zero-order valence-electron chi connectivity index (χ0n) is 8.53. The van der Waals surface area contributed by atoms with E-state index in [1.807, 2.05) is 12.1 Å². The maximum absolute atomic E-state index is 5.64. The molecule has 2 nitrogen and oxygen atoms in total. The summed E-state index contributed by atoms with van der Waals surface area (Å²) in [5, 5.41) is 7.45. The third kappa shape index (κ3) is 3.04. The lowest BCUT2D eigenvalue weighted by Crippen LogP contribution is -1.95. The van der Waals surface area contributed by atoms with Gasteiger partial charge in [-0.15, -0.1) is 0 Å². The van der Waals surface area contributed by atoms with Crippen molar-refractivity contribution in [3.8, 4) is 0 Å². The summed E-state index contributed by atoms with van der Waals surface area (Å²) >= 11 is 3.46. The van der Waals surface area contributed by atoms with Crippen LogP contribution in [0.1, 0.15) is 11.5 Å². The van der Waals surface area contributed by atoms with Gasteiger partial charge in [0.05, 0.1) is 12.3 Å². The van der Waals surface area contributed by atoms with Gasteiger partial charge < -0.3 is 9.73 Å². The molecule has 0 saturated carbocycles. The van der Waals surface area contributed by atoms with Crippen molar-refractivity contribution in [1.29, 1.82) is 0 Å². The summed E-state index contributed by atoms with van der Waals surface area (Å²) in [6, 6.07) is 6.14. The summed E-state index contributed by atoms with van der Waals surface area (Å²) in [6.45, 7) is 0.755. The Hall–Kier alpha value is -0.870. The number of hydrogen-bond donors (Lipinski definition) is 1. The van der Waals surface area contributed by atoms with Crippen LogP contribution in [0.5, 0.6) is 0 Å². The van der Waals surface area contributed by atoms with E-state index in [1.165, 1.54) is 0 Å². The van der Waals surface area contributed by atoms with Crippen molar-refractivity contribution < 1.29 is 4.42 Å². The zero-order valence-corrected chi connectivity index (χ0v) is 10.2. The second-order valence-corrected chi connectivity index (χ2v) is 4.81. The molecule has 4 heteroatoms. The summed E-state index contributed by atoms with van der Waals surface area (Å²) in [4.78, 5) is 0. The molecule has 0 aliphatic carbocycles. The van der Waals surface area contributed by atoms with Crippen molar-refractivity contribution in [1.82, 2.24) is 0 Å². The first kappa shape index (κ1) is 10.6. The van der Waals surface area contributed by atoms with E-state index in [1.54, 1.807) is 23.1 Å². The third-order valence-corrected chi connectivity index (χ3v) is 3.25. The minimum absolute atomic E-state index is 0.755. The van der Waals surface area contributed by atoms with E-state index in [2.05, 4.69) is 28.4 Å². The molecule has 0 amide bonds. The van der Waals surface area contributed by atoms with Crippen LogP contribution in [0.3, 0.4) is 0 Å². The van der Waals surface area contributed by atoms with Gasteiger partial charge in [0.1, 0.15) is 11.5 Å².